The monoisotopic (exact) mass is 336 g/mol. The van der Waals surface area contributed by atoms with Crippen LogP contribution in [-0.4, -0.2) is 9.85 Å². The third-order valence-electron chi connectivity index (χ3n) is 2.84. The van der Waals surface area contributed by atoms with E-state index in [4.69, 9.17) is 8.37 Å². The summed E-state index contributed by atoms with van der Waals surface area (Å²) in [7, 11) is 0. The summed E-state index contributed by atoms with van der Waals surface area (Å²) in [5.74, 6) is 0. The molecule has 0 fully saturated rings. The van der Waals surface area contributed by atoms with E-state index in [1.807, 2.05) is 0 Å². The van der Waals surface area contributed by atoms with Crippen LogP contribution in [0.1, 0.15) is 11.1 Å². The second-order valence-electron chi connectivity index (χ2n) is 4.44. The van der Waals surface area contributed by atoms with Crippen molar-refractivity contribution in [3.63, 3.8) is 0 Å². The highest BCUT2D eigenvalue weighted by Crippen LogP contribution is 2.17. The van der Waals surface area contributed by atoms with E-state index >= 15 is 0 Å². The van der Waals surface area contributed by atoms with Gasteiger partial charge in [0.25, 0.3) is 11.4 Å². The molecular formula is C14H12N2O6S. The molecular weight excluding hydrogens is 324 g/mol. The minimum atomic E-state index is -0.466. The van der Waals surface area contributed by atoms with E-state index in [0.29, 0.717) is 0 Å². The molecule has 2 aromatic rings. The maximum Gasteiger partial charge on any atom is 0.269 e. The Hall–Kier alpha value is -2.49. The summed E-state index contributed by atoms with van der Waals surface area (Å²) in [5.41, 5.74) is 1.61. The molecule has 2 aromatic carbocycles. The van der Waals surface area contributed by atoms with Crippen LogP contribution in [0.5, 0.6) is 0 Å². The highest BCUT2D eigenvalue weighted by Gasteiger charge is 2.05. The Bertz CT molecular complexity index is 615. The van der Waals surface area contributed by atoms with Crippen LogP contribution in [0.3, 0.4) is 0 Å². The summed E-state index contributed by atoms with van der Waals surface area (Å²) in [6, 6.07) is 12.0. The first-order valence-electron chi connectivity index (χ1n) is 6.44. The number of rotatable bonds is 8. The fraction of sp³-hybridized carbons (Fsp3) is 0.143. The van der Waals surface area contributed by atoms with E-state index in [9.17, 15) is 20.2 Å². The van der Waals surface area contributed by atoms with Gasteiger partial charge in [0.05, 0.1) is 23.1 Å². The van der Waals surface area contributed by atoms with Crippen LogP contribution in [0, 0.1) is 20.2 Å². The fourth-order valence-corrected chi connectivity index (χ4v) is 2.08. The highest BCUT2D eigenvalue weighted by molar-refractivity contribution is 7.89. The van der Waals surface area contributed by atoms with Gasteiger partial charge in [-0.15, -0.1) is 0 Å². The molecule has 23 heavy (non-hydrogen) atoms. The Morgan fingerprint density at radius 3 is 1.39 bits per heavy atom. The molecule has 0 aliphatic heterocycles. The molecule has 0 aliphatic rings. The van der Waals surface area contributed by atoms with E-state index in [0.717, 1.165) is 23.5 Å². The summed E-state index contributed by atoms with van der Waals surface area (Å²) in [5, 5.41) is 21.0. The average Bonchev–Trinajstić information content (AvgIpc) is 2.55. The molecule has 0 heterocycles. The van der Waals surface area contributed by atoms with Crippen molar-refractivity contribution in [2.75, 3.05) is 0 Å². The Labute approximate surface area is 135 Å². The fourth-order valence-electron chi connectivity index (χ4n) is 1.65. The zero-order chi connectivity index (χ0) is 16.7. The van der Waals surface area contributed by atoms with Gasteiger partial charge in [-0.05, 0) is 35.4 Å². The van der Waals surface area contributed by atoms with E-state index in [-0.39, 0.29) is 24.6 Å². The molecule has 120 valence electrons. The van der Waals surface area contributed by atoms with Crippen molar-refractivity contribution in [2.24, 2.45) is 0 Å². The van der Waals surface area contributed by atoms with Crippen LogP contribution in [0.25, 0.3) is 0 Å². The number of nitro groups is 2. The van der Waals surface area contributed by atoms with Gasteiger partial charge in [-0.25, -0.2) is 0 Å². The summed E-state index contributed by atoms with van der Waals surface area (Å²) in [6.45, 7) is 0.478. The molecule has 0 amide bonds. The van der Waals surface area contributed by atoms with E-state index in [1.165, 1.54) is 24.3 Å². The molecule has 0 aliphatic carbocycles. The van der Waals surface area contributed by atoms with E-state index < -0.39 is 9.85 Å². The van der Waals surface area contributed by atoms with Crippen molar-refractivity contribution in [2.45, 2.75) is 13.2 Å². The van der Waals surface area contributed by atoms with E-state index in [2.05, 4.69) is 0 Å². The van der Waals surface area contributed by atoms with Crippen molar-refractivity contribution >= 4 is 23.7 Å². The molecule has 0 bridgehead atoms. The van der Waals surface area contributed by atoms with Gasteiger partial charge >= 0.3 is 0 Å². The summed E-state index contributed by atoms with van der Waals surface area (Å²) >= 11 is 0.796. The lowest BCUT2D eigenvalue weighted by Crippen LogP contribution is -1.92. The van der Waals surface area contributed by atoms with Crippen LogP contribution < -0.4 is 0 Å². The molecule has 0 aromatic heterocycles. The van der Waals surface area contributed by atoms with Crippen LogP contribution in [0.4, 0.5) is 11.4 Å². The molecule has 0 spiro atoms. The smallest absolute Gasteiger partial charge is 0.269 e. The number of hydrogen-bond donors (Lipinski definition) is 0. The molecule has 0 unspecified atom stereocenters. The van der Waals surface area contributed by atoms with Gasteiger partial charge in [-0.3, -0.25) is 28.6 Å². The zero-order valence-electron chi connectivity index (χ0n) is 11.8. The normalized spacial score (nSPS) is 10.4. The van der Waals surface area contributed by atoms with Crippen molar-refractivity contribution in [1.29, 1.82) is 0 Å². The van der Waals surface area contributed by atoms with Crippen LogP contribution in [0.15, 0.2) is 48.5 Å². The Kier molecular flexibility index (Phi) is 6.03. The Morgan fingerprint density at radius 2 is 1.09 bits per heavy atom. The van der Waals surface area contributed by atoms with Gasteiger partial charge < -0.3 is 0 Å². The van der Waals surface area contributed by atoms with Gasteiger partial charge in [-0.2, -0.15) is 0 Å². The van der Waals surface area contributed by atoms with Gasteiger partial charge in [0.15, 0.2) is 12.3 Å². The number of nitro benzene ring substituents is 2. The second kappa shape index (κ2) is 8.22. The Balaban J connectivity index is 1.69. The third kappa shape index (κ3) is 5.33. The van der Waals surface area contributed by atoms with Gasteiger partial charge in [0, 0.05) is 24.3 Å². The van der Waals surface area contributed by atoms with E-state index in [1.54, 1.807) is 24.3 Å². The second-order valence-corrected chi connectivity index (χ2v) is 5.05. The maximum absolute atomic E-state index is 10.5. The molecule has 9 heteroatoms. The SMILES string of the molecule is O=[N+]([O-])c1ccc(COSOCc2ccc([N+](=O)[O-])cc2)cc1. The van der Waals surface area contributed by atoms with Crippen molar-refractivity contribution in [1.82, 2.24) is 0 Å². The minimum absolute atomic E-state index is 0.0239. The standard InChI is InChI=1S/C14H12N2O6S/c17-15(18)13-5-1-11(2-6-13)9-21-23-22-10-12-3-7-14(8-4-12)16(19)20/h1-8H,9-10H2. The third-order valence-corrected chi connectivity index (χ3v) is 3.27. The summed E-state index contributed by atoms with van der Waals surface area (Å²) in [4.78, 5) is 20.1. The maximum atomic E-state index is 10.5. The largest absolute Gasteiger partial charge is 0.287 e. The topological polar surface area (TPSA) is 105 Å². The lowest BCUT2D eigenvalue weighted by Gasteiger charge is -2.03. The van der Waals surface area contributed by atoms with Crippen LogP contribution >= 0.6 is 12.3 Å². The van der Waals surface area contributed by atoms with Gasteiger partial charge in [0.1, 0.15) is 0 Å². The zero-order valence-corrected chi connectivity index (χ0v) is 12.6. The first kappa shape index (κ1) is 16.9. The quantitative estimate of drug-likeness (QED) is 0.312. The average molecular weight is 336 g/mol. The lowest BCUT2D eigenvalue weighted by atomic mass is 10.2. The van der Waals surface area contributed by atoms with Crippen LogP contribution in [-0.2, 0) is 21.6 Å². The molecule has 0 radical (unpaired) electrons. The Morgan fingerprint density at radius 1 is 0.739 bits per heavy atom. The summed E-state index contributed by atoms with van der Waals surface area (Å²) in [6.07, 6.45) is 0. The molecule has 0 atom stereocenters. The number of hydrogen-bond acceptors (Lipinski definition) is 7. The highest BCUT2D eigenvalue weighted by atomic mass is 32.2. The van der Waals surface area contributed by atoms with Gasteiger partial charge in [-0.1, -0.05) is 0 Å². The predicted molar refractivity (Wildman–Crippen MR) is 83.4 cm³/mol. The molecule has 2 rings (SSSR count). The first-order chi connectivity index (χ1) is 11.1. The van der Waals surface area contributed by atoms with Crippen LogP contribution in [0.2, 0.25) is 0 Å². The molecule has 0 saturated carbocycles. The van der Waals surface area contributed by atoms with Crippen molar-refractivity contribution in [3.8, 4) is 0 Å². The van der Waals surface area contributed by atoms with Gasteiger partial charge in [0.2, 0.25) is 0 Å². The molecule has 0 saturated heterocycles. The number of benzene rings is 2. The molecule has 8 nitrogen and oxygen atoms in total. The first-order valence-corrected chi connectivity index (χ1v) is 7.10. The number of non-ortho nitro benzene ring substituents is 2. The molecule has 0 N–H and O–H groups in total. The van der Waals surface area contributed by atoms with Crippen molar-refractivity contribution in [3.05, 3.63) is 79.9 Å². The summed E-state index contributed by atoms with van der Waals surface area (Å²) < 4.78 is 10.4. The van der Waals surface area contributed by atoms with Crippen molar-refractivity contribution < 1.29 is 18.2 Å². The predicted octanol–water partition coefficient (Wildman–Crippen LogP) is 3.80. The minimum Gasteiger partial charge on any atom is -0.287 e. The lowest BCUT2D eigenvalue weighted by molar-refractivity contribution is -0.385. The number of nitrogens with zero attached hydrogens (tertiary/aromatic N) is 2.